The van der Waals surface area contributed by atoms with E-state index in [0.717, 1.165) is 71.0 Å². The highest BCUT2D eigenvalue weighted by molar-refractivity contribution is 5.95. The summed E-state index contributed by atoms with van der Waals surface area (Å²) in [6, 6.07) is 10.4. The van der Waals surface area contributed by atoms with Gasteiger partial charge < -0.3 is 19.7 Å². The van der Waals surface area contributed by atoms with Gasteiger partial charge in [-0.05, 0) is 170 Å². The summed E-state index contributed by atoms with van der Waals surface area (Å²) in [5, 5.41) is 19.9. The van der Waals surface area contributed by atoms with E-state index >= 15 is 0 Å². The molecule has 0 heterocycles. The molecule has 290 valence electrons. The number of fused-ring (bicyclic) bond motifs is 5. The fourth-order valence-electron chi connectivity index (χ4n) is 12.6. The average molecular weight is 727 g/mol. The van der Waals surface area contributed by atoms with E-state index in [4.69, 9.17) is 9.47 Å². The molecule has 4 saturated carbocycles. The van der Waals surface area contributed by atoms with E-state index in [0.29, 0.717) is 28.2 Å². The van der Waals surface area contributed by atoms with Crippen molar-refractivity contribution in [3.8, 4) is 11.5 Å². The van der Waals surface area contributed by atoms with Gasteiger partial charge in [0.05, 0.1) is 14.2 Å². The molecule has 2 unspecified atom stereocenters. The number of rotatable bonds is 14. The third kappa shape index (κ3) is 7.81. The van der Waals surface area contributed by atoms with Crippen molar-refractivity contribution in [2.75, 3.05) is 14.2 Å². The molecule has 4 fully saturated rings. The zero-order valence-electron chi connectivity index (χ0n) is 33.6. The monoisotopic (exact) mass is 726 g/mol. The molecular formula is C47H66O6. The van der Waals surface area contributed by atoms with E-state index < -0.39 is 11.9 Å². The number of hydrogen-bond acceptors (Lipinski definition) is 4. The molecule has 0 spiro atoms. The number of carboxylic acids is 2. The number of hydrogen-bond donors (Lipinski definition) is 2. The van der Waals surface area contributed by atoms with Crippen molar-refractivity contribution in [3.05, 3.63) is 64.7 Å². The van der Waals surface area contributed by atoms with Crippen LogP contribution in [0, 0.1) is 58.2 Å². The maximum Gasteiger partial charge on any atom is 0.339 e. The third-order valence-corrected chi connectivity index (χ3v) is 15.4. The van der Waals surface area contributed by atoms with Crippen LogP contribution < -0.4 is 9.47 Å². The van der Waals surface area contributed by atoms with E-state index in [1.54, 1.807) is 24.3 Å². The zero-order chi connectivity index (χ0) is 38.1. The third-order valence-electron chi connectivity index (χ3n) is 15.4. The minimum Gasteiger partial charge on any atom is -0.496 e. The number of carboxylic acid groups (broad SMARTS) is 2. The van der Waals surface area contributed by atoms with Gasteiger partial charge in [-0.15, -0.1) is 0 Å². The molecule has 0 aromatic heterocycles. The summed E-state index contributed by atoms with van der Waals surface area (Å²) in [6.45, 7) is 12.7. The standard InChI is InChI=1S/C47H66O6/c1-29(2)10-8-11-30(3)39-18-19-40-36-17-16-34-26-31(22-24-46(34,4)41(36)23-25-47(39,40)5)12-9-13-35(32-14-20-42(52-6)37(27-32)44(48)49)33-15-21-43(53-7)38(28-33)45(50)51/h13-15,20-21,27-31,34,36,39-41H,8-12,16-19,22-26H2,1-7H3,(H,48,49)(H,50,51)/t30-,31?,34?,36+,39-,40+,41+,46+,47-/m1/s1. The van der Waals surface area contributed by atoms with Gasteiger partial charge in [0.1, 0.15) is 22.6 Å². The van der Waals surface area contributed by atoms with Crippen LogP contribution in [0.15, 0.2) is 42.5 Å². The predicted octanol–water partition coefficient (Wildman–Crippen LogP) is 12.0. The van der Waals surface area contributed by atoms with E-state index in [1.807, 2.05) is 12.1 Å². The van der Waals surface area contributed by atoms with Crippen molar-refractivity contribution in [2.45, 2.75) is 125 Å². The van der Waals surface area contributed by atoms with Crippen LogP contribution in [0.25, 0.3) is 5.57 Å². The lowest BCUT2D eigenvalue weighted by molar-refractivity contribution is -0.121. The van der Waals surface area contributed by atoms with Crippen LogP contribution in [-0.2, 0) is 0 Å². The molecule has 53 heavy (non-hydrogen) atoms. The number of allylic oxidation sites excluding steroid dienone is 1. The van der Waals surface area contributed by atoms with Gasteiger partial charge in [-0.25, -0.2) is 9.59 Å². The molecule has 0 bridgehead atoms. The Hall–Kier alpha value is -3.28. The molecule has 0 aliphatic heterocycles. The smallest absolute Gasteiger partial charge is 0.339 e. The molecule has 0 radical (unpaired) electrons. The number of benzene rings is 2. The molecule has 4 aliphatic carbocycles. The van der Waals surface area contributed by atoms with Crippen molar-refractivity contribution >= 4 is 17.5 Å². The Morgan fingerprint density at radius 3 is 1.98 bits per heavy atom. The molecule has 9 atom stereocenters. The van der Waals surface area contributed by atoms with Gasteiger partial charge in [0.15, 0.2) is 0 Å². The molecule has 2 aromatic rings. The van der Waals surface area contributed by atoms with Crippen LogP contribution >= 0.6 is 0 Å². The van der Waals surface area contributed by atoms with Crippen LogP contribution in [-0.4, -0.2) is 36.4 Å². The summed E-state index contributed by atoms with van der Waals surface area (Å²) in [5.41, 5.74) is 3.43. The van der Waals surface area contributed by atoms with Gasteiger partial charge in [0, 0.05) is 0 Å². The van der Waals surface area contributed by atoms with Gasteiger partial charge >= 0.3 is 11.9 Å². The molecule has 4 aliphatic rings. The normalized spacial score (nSPS) is 31.2. The number of carbonyl (C=O) groups is 2. The second-order valence-corrected chi connectivity index (χ2v) is 18.5. The first-order valence-electron chi connectivity index (χ1n) is 20.8. The molecule has 6 rings (SSSR count). The molecule has 2 aromatic carbocycles. The topological polar surface area (TPSA) is 93.1 Å². The first-order valence-corrected chi connectivity index (χ1v) is 20.8. The predicted molar refractivity (Wildman–Crippen MR) is 213 cm³/mol. The summed E-state index contributed by atoms with van der Waals surface area (Å²) < 4.78 is 10.7. The molecule has 0 amide bonds. The Morgan fingerprint density at radius 1 is 0.792 bits per heavy atom. The highest BCUT2D eigenvalue weighted by atomic mass is 16.5. The number of aromatic carboxylic acids is 2. The van der Waals surface area contributed by atoms with Gasteiger partial charge in [-0.1, -0.05) is 72.1 Å². The zero-order valence-corrected chi connectivity index (χ0v) is 33.6. The van der Waals surface area contributed by atoms with Gasteiger partial charge in [-0.3, -0.25) is 0 Å². The van der Waals surface area contributed by atoms with Crippen LogP contribution in [0.3, 0.4) is 0 Å². The van der Waals surface area contributed by atoms with Crippen LogP contribution in [0.5, 0.6) is 11.5 Å². The maximum absolute atomic E-state index is 12.1. The fraction of sp³-hybridized carbons (Fsp3) is 0.660. The van der Waals surface area contributed by atoms with Gasteiger partial charge in [0.25, 0.3) is 0 Å². The van der Waals surface area contributed by atoms with Crippen molar-refractivity contribution in [2.24, 2.45) is 58.2 Å². The SMILES string of the molecule is COc1ccc(C(=CCCC2CC[C@@]3(C)C(CC[C@H]4[C@@H]5CC[C@H]([C@H](C)CCCC(C)C)[C@@]5(C)CC[C@@H]43)C2)c2ccc(OC)c(C(=O)O)c2)cc1C(=O)O. The minimum atomic E-state index is -1.06. The Kier molecular flexibility index (Phi) is 12.1. The second kappa shape index (κ2) is 16.2. The Morgan fingerprint density at radius 2 is 1.40 bits per heavy atom. The average Bonchev–Trinajstić information content (AvgIpc) is 3.50. The Labute approximate surface area is 319 Å². The lowest BCUT2D eigenvalue weighted by Crippen LogP contribution is -2.53. The summed E-state index contributed by atoms with van der Waals surface area (Å²) in [4.78, 5) is 24.3. The molecular weight excluding hydrogens is 661 g/mol. The van der Waals surface area contributed by atoms with E-state index in [2.05, 4.69) is 40.7 Å². The molecule has 6 heteroatoms. The highest BCUT2D eigenvalue weighted by Crippen LogP contribution is 2.69. The van der Waals surface area contributed by atoms with Crippen LogP contribution in [0.4, 0.5) is 0 Å². The second-order valence-electron chi connectivity index (χ2n) is 18.5. The summed E-state index contributed by atoms with van der Waals surface area (Å²) in [7, 11) is 2.93. The van der Waals surface area contributed by atoms with E-state index in [9.17, 15) is 19.8 Å². The largest absolute Gasteiger partial charge is 0.496 e. The van der Waals surface area contributed by atoms with Crippen molar-refractivity contribution in [1.82, 2.24) is 0 Å². The highest BCUT2D eigenvalue weighted by Gasteiger charge is 2.60. The van der Waals surface area contributed by atoms with Gasteiger partial charge in [-0.2, -0.15) is 0 Å². The first-order chi connectivity index (χ1) is 25.3. The summed E-state index contributed by atoms with van der Waals surface area (Å²) >= 11 is 0. The summed E-state index contributed by atoms with van der Waals surface area (Å²) in [5.74, 6) is 5.18. The number of ether oxygens (including phenoxy) is 2. The summed E-state index contributed by atoms with van der Waals surface area (Å²) in [6.07, 6.45) is 20.7. The molecule has 0 saturated heterocycles. The van der Waals surface area contributed by atoms with E-state index in [-0.39, 0.29) is 11.1 Å². The molecule has 6 nitrogen and oxygen atoms in total. The van der Waals surface area contributed by atoms with Crippen molar-refractivity contribution in [3.63, 3.8) is 0 Å². The lowest BCUT2D eigenvalue weighted by atomic mass is 9.44. The van der Waals surface area contributed by atoms with Crippen LogP contribution in [0.2, 0.25) is 0 Å². The quantitative estimate of drug-likeness (QED) is 0.201. The number of methoxy groups -OCH3 is 2. The van der Waals surface area contributed by atoms with Crippen LogP contribution in [0.1, 0.15) is 156 Å². The van der Waals surface area contributed by atoms with Gasteiger partial charge in [0.2, 0.25) is 0 Å². The first kappa shape index (κ1) is 39.4. The molecule has 2 N–H and O–H groups in total. The maximum atomic E-state index is 12.1. The van der Waals surface area contributed by atoms with E-state index in [1.165, 1.54) is 91.3 Å². The van der Waals surface area contributed by atoms with Crippen molar-refractivity contribution in [1.29, 1.82) is 0 Å². The Balaban J connectivity index is 1.15. The Bertz CT molecular complexity index is 1590. The lowest BCUT2D eigenvalue weighted by Gasteiger charge is -2.61. The van der Waals surface area contributed by atoms with Crippen molar-refractivity contribution < 1.29 is 29.3 Å². The fourth-order valence-corrected chi connectivity index (χ4v) is 12.6. The minimum absolute atomic E-state index is 0.0809.